The van der Waals surface area contributed by atoms with Gasteiger partial charge in [0.25, 0.3) is 0 Å². The fourth-order valence-electron chi connectivity index (χ4n) is 4.34. The Hall–Kier alpha value is -2.39. The number of ether oxygens (including phenoxy) is 1. The van der Waals surface area contributed by atoms with Crippen LogP contribution in [-0.4, -0.2) is 53.7 Å². The molecule has 2 aromatic heterocycles. The molecule has 1 fully saturated rings. The van der Waals surface area contributed by atoms with Gasteiger partial charge in [-0.3, -0.25) is 0 Å². The fourth-order valence-corrected chi connectivity index (χ4v) is 5.04. The highest BCUT2D eigenvalue weighted by atomic mass is 32.1. The topological polar surface area (TPSA) is 84.0 Å². The van der Waals surface area contributed by atoms with Gasteiger partial charge in [0, 0.05) is 60.5 Å². The molecule has 182 valence electrons. The van der Waals surface area contributed by atoms with Crippen molar-refractivity contribution < 1.29 is 4.74 Å². The maximum Gasteiger partial charge on any atom is 0.162 e. The lowest BCUT2D eigenvalue weighted by molar-refractivity contribution is 0.0904. The molecule has 1 aliphatic heterocycles. The average molecular weight is 481 g/mol. The summed E-state index contributed by atoms with van der Waals surface area (Å²) in [7, 11) is 1.97. The van der Waals surface area contributed by atoms with E-state index < -0.39 is 0 Å². The largest absolute Gasteiger partial charge is 0.381 e. The Labute approximate surface area is 206 Å². The molecule has 3 heterocycles. The van der Waals surface area contributed by atoms with E-state index >= 15 is 0 Å². The van der Waals surface area contributed by atoms with Crippen molar-refractivity contribution in [1.29, 1.82) is 0 Å². The Kier molecular flexibility index (Phi) is 8.26. The molecule has 0 atom stereocenters. The summed E-state index contributed by atoms with van der Waals surface area (Å²) in [4.78, 5) is 11.4. The second-order valence-corrected chi connectivity index (χ2v) is 10.0. The number of hydrogen-bond donors (Lipinski definition) is 3. The molecule has 0 saturated carbocycles. The van der Waals surface area contributed by atoms with Gasteiger partial charge in [-0.15, -0.1) is 0 Å². The standard InChI is InChI=1S/C26H36N6OS/c1-16-6-7-20(15-28-11-10-27-5)14-22(16)26-30-24(23-18(3)32-34-19(23)4)17(2)25(31-26)29-21-8-12-33-13-9-21/h6-7,14,21,27-28H,8-13,15H2,1-5H3,(H,29,30,31). The molecular weight excluding hydrogens is 444 g/mol. The number of benzene rings is 1. The van der Waals surface area contributed by atoms with E-state index in [4.69, 9.17) is 14.7 Å². The van der Waals surface area contributed by atoms with Crippen LogP contribution in [0.2, 0.25) is 0 Å². The fraction of sp³-hybridized carbons (Fsp3) is 0.500. The van der Waals surface area contributed by atoms with Crippen LogP contribution < -0.4 is 16.0 Å². The van der Waals surface area contributed by atoms with Crippen LogP contribution in [0.15, 0.2) is 18.2 Å². The zero-order valence-electron chi connectivity index (χ0n) is 20.9. The number of rotatable bonds is 9. The summed E-state index contributed by atoms with van der Waals surface area (Å²) in [6.45, 7) is 12.7. The Bertz CT molecular complexity index is 1100. The van der Waals surface area contributed by atoms with Crippen LogP contribution in [0.5, 0.6) is 0 Å². The molecule has 1 saturated heterocycles. The van der Waals surface area contributed by atoms with Crippen molar-refractivity contribution in [1.82, 2.24) is 25.0 Å². The molecule has 3 aromatic rings. The van der Waals surface area contributed by atoms with Gasteiger partial charge in [0.15, 0.2) is 5.82 Å². The lowest BCUT2D eigenvalue weighted by Crippen LogP contribution is -2.28. The molecule has 0 unspecified atom stereocenters. The van der Waals surface area contributed by atoms with Crippen molar-refractivity contribution in [3.63, 3.8) is 0 Å². The van der Waals surface area contributed by atoms with Gasteiger partial charge in [-0.2, -0.15) is 4.37 Å². The van der Waals surface area contributed by atoms with Crippen molar-refractivity contribution in [3.8, 4) is 22.6 Å². The van der Waals surface area contributed by atoms with Gasteiger partial charge in [-0.05, 0) is 76.3 Å². The van der Waals surface area contributed by atoms with E-state index in [1.807, 2.05) is 7.05 Å². The highest BCUT2D eigenvalue weighted by molar-refractivity contribution is 7.06. The van der Waals surface area contributed by atoms with Crippen LogP contribution in [0.3, 0.4) is 0 Å². The lowest BCUT2D eigenvalue weighted by atomic mass is 10.0. The number of likely N-dealkylation sites (N-methyl/N-ethyl adjacent to an activating group) is 1. The Morgan fingerprint density at radius 1 is 1.06 bits per heavy atom. The van der Waals surface area contributed by atoms with Crippen molar-refractivity contribution in [2.45, 2.75) is 53.1 Å². The summed E-state index contributed by atoms with van der Waals surface area (Å²) in [6, 6.07) is 6.93. The van der Waals surface area contributed by atoms with Gasteiger partial charge in [-0.25, -0.2) is 9.97 Å². The third-order valence-electron chi connectivity index (χ3n) is 6.40. The minimum absolute atomic E-state index is 0.356. The van der Waals surface area contributed by atoms with E-state index in [2.05, 4.69) is 66.2 Å². The predicted octanol–water partition coefficient (Wildman–Crippen LogP) is 4.40. The minimum atomic E-state index is 0.356. The first-order valence-corrected chi connectivity index (χ1v) is 12.9. The molecule has 1 aliphatic rings. The smallest absolute Gasteiger partial charge is 0.162 e. The Morgan fingerprint density at radius 3 is 2.56 bits per heavy atom. The molecule has 4 rings (SSSR count). The van der Waals surface area contributed by atoms with Crippen molar-refractivity contribution >= 4 is 17.4 Å². The summed E-state index contributed by atoms with van der Waals surface area (Å²) < 4.78 is 10.2. The zero-order chi connectivity index (χ0) is 24.1. The van der Waals surface area contributed by atoms with Gasteiger partial charge in [0.1, 0.15) is 5.82 Å². The van der Waals surface area contributed by atoms with Crippen LogP contribution in [-0.2, 0) is 11.3 Å². The van der Waals surface area contributed by atoms with Gasteiger partial charge in [-0.1, -0.05) is 12.1 Å². The maximum absolute atomic E-state index is 5.56. The van der Waals surface area contributed by atoms with E-state index in [0.717, 1.165) is 85.4 Å². The molecular formula is C26H36N6OS. The monoisotopic (exact) mass is 480 g/mol. The number of nitrogens with zero attached hydrogens (tertiary/aromatic N) is 3. The summed E-state index contributed by atoms with van der Waals surface area (Å²) in [5.74, 6) is 1.67. The second-order valence-electron chi connectivity index (χ2n) is 9.03. The average Bonchev–Trinajstić information content (AvgIpc) is 3.17. The van der Waals surface area contributed by atoms with E-state index in [1.54, 1.807) is 0 Å². The summed E-state index contributed by atoms with van der Waals surface area (Å²) in [5, 5.41) is 10.4. The van der Waals surface area contributed by atoms with Crippen LogP contribution in [0.4, 0.5) is 5.82 Å². The normalized spacial score (nSPS) is 14.5. The first kappa shape index (κ1) is 24.7. The quantitative estimate of drug-likeness (QED) is 0.392. The molecule has 3 N–H and O–H groups in total. The zero-order valence-corrected chi connectivity index (χ0v) is 21.7. The Balaban J connectivity index is 1.76. The third-order valence-corrected chi connectivity index (χ3v) is 7.25. The van der Waals surface area contributed by atoms with Crippen LogP contribution >= 0.6 is 11.5 Å². The molecule has 34 heavy (non-hydrogen) atoms. The van der Waals surface area contributed by atoms with Crippen molar-refractivity contribution in [2.24, 2.45) is 0 Å². The number of nitrogens with one attached hydrogen (secondary N) is 3. The number of anilines is 1. The Morgan fingerprint density at radius 2 is 1.85 bits per heavy atom. The van der Waals surface area contributed by atoms with Crippen molar-refractivity contribution in [3.05, 3.63) is 45.5 Å². The van der Waals surface area contributed by atoms with E-state index in [-0.39, 0.29) is 0 Å². The van der Waals surface area contributed by atoms with Gasteiger partial charge < -0.3 is 20.7 Å². The molecule has 0 spiro atoms. The summed E-state index contributed by atoms with van der Waals surface area (Å²) in [6.07, 6.45) is 1.97. The van der Waals surface area contributed by atoms with Crippen LogP contribution in [0.25, 0.3) is 22.6 Å². The highest BCUT2D eigenvalue weighted by Crippen LogP contribution is 2.35. The predicted molar refractivity (Wildman–Crippen MR) is 141 cm³/mol. The van der Waals surface area contributed by atoms with Gasteiger partial charge in [0.2, 0.25) is 0 Å². The summed E-state index contributed by atoms with van der Waals surface area (Å²) >= 11 is 1.54. The van der Waals surface area contributed by atoms with E-state index in [0.29, 0.717) is 6.04 Å². The van der Waals surface area contributed by atoms with Crippen LogP contribution in [0.1, 0.15) is 40.1 Å². The second kappa shape index (κ2) is 11.4. The molecule has 8 heteroatoms. The molecule has 0 aliphatic carbocycles. The molecule has 7 nitrogen and oxygen atoms in total. The lowest BCUT2D eigenvalue weighted by Gasteiger charge is -2.25. The molecule has 0 amide bonds. The first-order valence-electron chi connectivity index (χ1n) is 12.1. The number of hydrogen-bond acceptors (Lipinski definition) is 8. The maximum atomic E-state index is 5.56. The molecule has 1 aromatic carbocycles. The number of aromatic nitrogens is 3. The highest BCUT2D eigenvalue weighted by Gasteiger charge is 2.22. The first-order chi connectivity index (χ1) is 16.5. The van der Waals surface area contributed by atoms with E-state index in [9.17, 15) is 0 Å². The SMILES string of the molecule is CNCCNCc1ccc(C)c(-c2nc(NC3CCOCC3)c(C)c(-c3c(C)nsc3C)n2)c1. The molecule has 0 radical (unpaired) electrons. The van der Waals surface area contributed by atoms with Gasteiger partial charge >= 0.3 is 0 Å². The van der Waals surface area contributed by atoms with E-state index in [1.165, 1.54) is 27.5 Å². The van der Waals surface area contributed by atoms with Gasteiger partial charge in [0.05, 0.1) is 11.4 Å². The number of aryl methyl sites for hydroxylation is 3. The third kappa shape index (κ3) is 5.63. The molecule has 0 bridgehead atoms. The minimum Gasteiger partial charge on any atom is -0.381 e. The van der Waals surface area contributed by atoms with Crippen LogP contribution in [0, 0.1) is 27.7 Å². The van der Waals surface area contributed by atoms with Crippen molar-refractivity contribution in [2.75, 3.05) is 38.7 Å². The summed E-state index contributed by atoms with van der Waals surface area (Å²) in [5.41, 5.74) is 7.66.